The van der Waals surface area contributed by atoms with E-state index in [1.54, 1.807) is 12.1 Å². The van der Waals surface area contributed by atoms with Gasteiger partial charge in [-0.15, -0.1) is 0 Å². The zero-order valence-electron chi connectivity index (χ0n) is 10.2. The van der Waals surface area contributed by atoms with Crippen molar-refractivity contribution in [1.82, 2.24) is 10.3 Å². The minimum absolute atomic E-state index is 0.0798. The van der Waals surface area contributed by atoms with Gasteiger partial charge in [0.15, 0.2) is 0 Å². The third-order valence-corrected chi connectivity index (χ3v) is 3.40. The summed E-state index contributed by atoms with van der Waals surface area (Å²) in [6, 6.07) is 3.38. The number of rotatable bonds is 4. The highest BCUT2D eigenvalue weighted by Gasteiger charge is 2.45. The maximum Gasteiger partial charge on any atom is 0.252 e. The van der Waals surface area contributed by atoms with Crippen LogP contribution in [0.25, 0.3) is 0 Å². The number of hydrogen-bond donors (Lipinski definition) is 3. The first kappa shape index (κ1) is 11.9. The molecule has 1 atom stereocenters. The summed E-state index contributed by atoms with van der Waals surface area (Å²) in [5.41, 5.74) is 3.37. The Kier molecular flexibility index (Phi) is 3.02. The van der Waals surface area contributed by atoms with Gasteiger partial charge in [0.05, 0.1) is 5.56 Å². The highest BCUT2D eigenvalue weighted by molar-refractivity contribution is 5.94. The molecule has 0 aromatic carbocycles. The maximum atomic E-state index is 11.8. The van der Waals surface area contributed by atoms with Crippen LogP contribution in [0.1, 0.15) is 30.6 Å². The fourth-order valence-electron chi connectivity index (χ4n) is 1.86. The SMILES string of the molecule is CC1(C)CC1CNC(=O)c1ccc(NN)nc1. The number of amides is 1. The highest BCUT2D eigenvalue weighted by atomic mass is 16.1. The molecule has 1 amide bonds. The second-order valence-electron chi connectivity index (χ2n) is 5.18. The van der Waals surface area contributed by atoms with Crippen LogP contribution >= 0.6 is 0 Å². The summed E-state index contributed by atoms with van der Waals surface area (Å²) in [6.45, 7) is 5.17. The number of pyridine rings is 1. The summed E-state index contributed by atoms with van der Waals surface area (Å²) >= 11 is 0. The molecule has 5 heteroatoms. The standard InChI is InChI=1S/C12H18N4O/c1-12(2)5-9(12)7-15-11(17)8-3-4-10(16-13)14-6-8/h3-4,6,9H,5,7,13H2,1-2H3,(H,14,16)(H,15,17). The van der Waals surface area contributed by atoms with Gasteiger partial charge in [-0.2, -0.15) is 0 Å². The summed E-state index contributed by atoms with van der Waals surface area (Å²) in [6.07, 6.45) is 2.70. The molecule has 1 fully saturated rings. The van der Waals surface area contributed by atoms with Crippen LogP contribution in [0.5, 0.6) is 0 Å². The molecule has 1 aromatic rings. The zero-order valence-corrected chi connectivity index (χ0v) is 10.2. The van der Waals surface area contributed by atoms with Crippen molar-refractivity contribution in [1.29, 1.82) is 0 Å². The lowest BCUT2D eigenvalue weighted by Gasteiger charge is -2.06. The van der Waals surface area contributed by atoms with Gasteiger partial charge in [0.1, 0.15) is 5.82 Å². The summed E-state index contributed by atoms with van der Waals surface area (Å²) < 4.78 is 0. The smallest absolute Gasteiger partial charge is 0.252 e. The highest BCUT2D eigenvalue weighted by Crippen LogP contribution is 2.50. The molecule has 1 aromatic heterocycles. The fraction of sp³-hybridized carbons (Fsp3) is 0.500. The molecule has 1 heterocycles. The zero-order chi connectivity index (χ0) is 12.5. The number of hydrogen-bond acceptors (Lipinski definition) is 4. The topological polar surface area (TPSA) is 80.0 Å². The summed E-state index contributed by atoms with van der Waals surface area (Å²) in [5.74, 6) is 6.27. The number of carbonyl (C=O) groups excluding carboxylic acids is 1. The Hall–Kier alpha value is -1.62. The Morgan fingerprint density at radius 1 is 1.59 bits per heavy atom. The molecule has 1 aliphatic rings. The molecule has 92 valence electrons. The number of nitrogens with zero attached hydrogens (tertiary/aromatic N) is 1. The van der Waals surface area contributed by atoms with E-state index in [1.165, 1.54) is 12.6 Å². The maximum absolute atomic E-state index is 11.8. The van der Waals surface area contributed by atoms with Crippen LogP contribution in [0.15, 0.2) is 18.3 Å². The van der Waals surface area contributed by atoms with Crippen LogP contribution < -0.4 is 16.6 Å². The van der Waals surface area contributed by atoms with E-state index in [4.69, 9.17) is 5.84 Å². The van der Waals surface area contributed by atoms with Gasteiger partial charge in [-0.3, -0.25) is 4.79 Å². The van der Waals surface area contributed by atoms with Crippen molar-refractivity contribution in [3.8, 4) is 0 Å². The van der Waals surface area contributed by atoms with E-state index in [9.17, 15) is 4.79 Å². The van der Waals surface area contributed by atoms with Crippen molar-refractivity contribution < 1.29 is 4.79 Å². The number of aromatic nitrogens is 1. The Morgan fingerprint density at radius 3 is 2.76 bits per heavy atom. The van der Waals surface area contributed by atoms with Crippen LogP contribution in [-0.2, 0) is 0 Å². The average molecular weight is 234 g/mol. The molecule has 0 spiro atoms. The number of hydrazine groups is 1. The first-order valence-corrected chi connectivity index (χ1v) is 5.74. The van der Waals surface area contributed by atoms with Gasteiger partial charge in [0, 0.05) is 12.7 Å². The van der Waals surface area contributed by atoms with Crippen molar-refractivity contribution in [3.05, 3.63) is 23.9 Å². The number of carbonyl (C=O) groups is 1. The quantitative estimate of drug-likeness (QED) is 0.539. The monoisotopic (exact) mass is 234 g/mol. The van der Waals surface area contributed by atoms with Gasteiger partial charge in [-0.05, 0) is 29.9 Å². The van der Waals surface area contributed by atoms with Gasteiger partial charge < -0.3 is 10.7 Å². The van der Waals surface area contributed by atoms with Crippen molar-refractivity contribution in [2.75, 3.05) is 12.0 Å². The Labute approximate surface area is 101 Å². The molecule has 1 unspecified atom stereocenters. The molecule has 5 nitrogen and oxygen atoms in total. The van der Waals surface area contributed by atoms with E-state index in [0.717, 1.165) is 6.54 Å². The average Bonchev–Trinajstić information content (AvgIpc) is 2.94. The van der Waals surface area contributed by atoms with Crippen LogP contribution in [0.2, 0.25) is 0 Å². The van der Waals surface area contributed by atoms with Gasteiger partial charge in [0.25, 0.3) is 5.91 Å². The molecule has 17 heavy (non-hydrogen) atoms. The molecule has 0 saturated heterocycles. The lowest BCUT2D eigenvalue weighted by Crippen LogP contribution is -2.26. The van der Waals surface area contributed by atoms with Gasteiger partial charge >= 0.3 is 0 Å². The van der Waals surface area contributed by atoms with Crippen molar-refractivity contribution in [2.24, 2.45) is 17.2 Å². The molecule has 4 N–H and O–H groups in total. The van der Waals surface area contributed by atoms with Crippen molar-refractivity contribution in [3.63, 3.8) is 0 Å². The normalized spacial score (nSPS) is 20.8. The van der Waals surface area contributed by atoms with Crippen LogP contribution in [-0.4, -0.2) is 17.4 Å². The van der Waals surface area contributed by atoms with Gasteiger partial charge in [-0.25, -0.2) is 10.8 Å². The molecule has 0 bridgehead atoms. The predicted molar refractivity (Wildman–Crippen MR) is 66.3 cm³/mol. The molecular weight excluding hydrogens is 216 g/mol. The van der Waals surface area contributed by atoms with Crippen LogP contribution in [0.3, 0.4) is 0 Å². The van der Waals surface area contributed by atoms with Gasteiger partial charge in [0.2, 0.25) is 0 Å². The van der Waals surface area contributed by atoms with E-state index in [1.807, 2.05) is 0 Å². The Balaban J connectivity index is 1.87. The number of nitrogens with one attached hydrogen (secondary N) is 2. The summed E-state index contributed by atoms with van der Waals surface area (Å²) in [4.78, 5) is 15.8. The van der Waals surface area contributed by atoms with Crippen molar-refractivity contribution in [2.45, 2.75) is 20.3 Å². The van der Waals surface area contributed by atoms with Gasteiger partial charge in [-0.1, -0.05) is 13.8 Å². The van der Waals surface area contributed by atoms with Crippen LogP contribution in [0.4, 0.5) is 5.82 Å². The minimum Gasteiger partial charge on any atom is -0.352 e. The first-order valence-electron chi connectivity index (χ1n) is 5.74. The fourth-order valence-corrected chi connectivity index (χ4v) is 1.86. The lowest BCUT2D eigenvalue weighted by atomic mass is 10.1. The van der Waals surface area contributed by atoms with Crippen molar-refractivity contribution >= 4 is 11.7 Å². The molecule has 0 aliphatic heterocycles. The molecule has 2 rings (SSSR count). The predicted octanol–water partition coefficient (Wildman–Crippen LogP) is 1.14. The summed E-state index contributed by atoms with van der Waals surface area (Å²) in [5, 5.41) is 2.92. The van der Waals surface area contributed by atoms with E-state index in [2.05, 4.69) is 29.6 Å². The number of anilines is 1. The molecule has 0 radical (unpaired) electrons. The van der Waals surface area contributed by atoms with E-state index < -0.39 is 0 Å². The second-order valence-corrected chi connectivity index (χ2v) is 5.18. The van der Waals surface area contributed by atoms with E-state index in [0.29, 0.717) is 22.7 Å². The Morgan fingerprint density at radius 2 is 2.29 bits per heavy atom. The third kappa shape index (κ3) is 2.74. The summed E-state index contributed by atoms with van der Waals surface area (Å²) in [7, 11) is 0. The Bertz CT molecular complexity index is 413. The van der Waals surface area contributed by atoms with E-state index >= 15 is 0 Å². The third-order valence-electron chi connectivity index (χ3n) is 3.40. The molecule has 1 saturated carbocycles. The largest absolute Gasteiger partial charge is 0.352 e. The van der Waals surface area contributed by atoms with Crippen LogP contribution in [0, 0.1) is 11.3 Å². The molecule has 1 aliphatic carbocycles. The second kappa shape index (κ2) is 4.33. The minimum atomic E-state index is -0.0798. The number of nitrogens with two attached hydrogens (primary N) is 1. The van der Waals surface area contributed by atoms with E-state index in [-0.39, 0.29) is 5.91 Å². The lowest BCUT2D eigenvalue weighted by molar-refractivity contribution is 0.0950. The molecular formula is C12H18N4O. The first-order chi connectivity index (χ1) is 8.03. The number of nitrogen functional groups attached to an aromatic ring is 1.